The lowest BCUT2D eigenvalue weighted by atomic mass is 9.89. The van der Waals surface area contributed by atoms with Gasteiger partial charge in [0.2, 0.25) is 5.91 Å². The van der Waals surface area contributed by atoms with E-state index in [1.807, 2.05) is 17.5 Å². The number of amides is 1. The number of rotatable bonds is 7. The molecule has 0 radical (unpaired) electrons. The summed E-state index contributed by atoms with van der Waals surface area (Å²) < 4.78 is 0. The van der Waals surface area contributed by atoms with Crippen molar-refractivity contribution in [2.75, 3.05) is 17.2 Å². The van der Waals surface area contributed by atoms with Gasteiger partial charge in [0.1, 0.15) is 5.69 Å². The van der Waals surface area contributed by atoms with E-state index in [0.29, 0.717) is 17.3 Å². The van der Waals surface area contributed by atoms with Crippen LogP contribution < -0.4 is 10.6 Å². The van der Waals surface area contributed by atoms with Gasteiger partial charge in [0.05, 0.1) is 11.3 Å². The van der Waals surface area contributed by atoms with Crippen molar-refractivity contribution in [3.05, 3.63) is 50.7 Å². The van der Waals surface area contributed by atoms with Gasteiger partial charge in [-0.2, -0.15) is 0 Å². The quantitative estimate of drug-likeness (QED) is 0.538. The van der Waals surface area contributed by atoms with Crippen molar-refractivity contribution < 1.29 is 9.72 Å². The van der Waals surface area contributed by atoms with Crippen molar-refractivity contribution in [2.45, 2.75) is 38.5 Å². The van der Waals surface area contributed by atoms with E-state index in [1.54, 1.807) is 12.1 Å². The number of nitro groups is 1. The lowest BCUT2D eigenvalue weighted by Gasteiger charge is -2.22. The highest BCUT2D eigenvalue weighted by molar-refractivity contribution is 7.10. The largest absolute Gasteiger partial charge is 0.379 e. The van der Waals surface area contributed by atoms with Crippen LogP contribution in [0.5, 0.6) is 0 Å². The van der Waals surface area contributed by atoms with Crippen LogP contribution in [0.3, 0.4) is 0 Å². The minimum absolute atomic E-state index is 0.00488. The Balaban J connectivity index is 1.63. The molecule has 1 aliphatic carbocycles. The molecule has 1 aromatic carbocycles. The van der Waals surface area contributed by atoms with E-state index in [2.05, 4.69) is 10.6 Å². The highest BCUT2D eigenvalue weighted by atomic mass is 32.1. The summed E-state index contributed by atoms with van der Waals surface area (Å²) in [6.45, 7) is 0.755. The summed E-state index contributed by atoms with van der Waals surface area (Å²) in [5.41, 5.74) is 0.952. The van der Waals surface area contributed by atoms with Crippen molar-refractivity contribution in [1.82, 2.24) is 0 Å². The Bertz CT molecular complexity index is 755. The first-order valence-corrected chi connectivity index (χ1v) is 9.84. The second kappa shape index (κ2) is 8.80. The van der Waals surface area contributed by atoms with Crippen LogP contribution in [0, 0.1) is 16.0 Å². The molecule has 1 saturated carbocycles. The molecule has 1 fully saturated rings. The van der Waals surface area contributed by atoms with Gasteiger partial charge in [-0.1, -0.05) is 25.3 Å². The highest BCUT2D eigenvalue weighted by Gasteiger charge is 2.18. The smallest absolute Gasteiger partial charge is 0.294 e. The van der Waals surface area contributed by atoms with Crippen LogP contribution in [0.1, 0.15) is 37.0 Å². The van der Waals surface area contributed by atoms with Gasteiger partial charge < -0.3 is 10.6 Å². The molecular formula is C19H23N3O3S. The third-order valence-corrected chi connectivity index (χ3v) is 5.58. The number of nitrogens with zero attached hydrogens (tertiary/aromatic N) is 1. The van der Waals surface area contributed by atoms with E-state index in [4.69, 9.17) is 0 Å². The monoisotopic (exact) mass is 373 g/mol. The average Bonchev–Trinajstić information content (AvgIpc) is 3.14. The van der Waals surface area contributed by atoms with Crippen LogP contribution in [0.15, 0.2) is 35.7 Å². The van der Waals surface area contributed by atoms with E-state index >= 15 is 0 Å². The fourth-order valence-corrected chi connectivity index (χ4v) is 4.04. The molecular weight excluding hydrogens is 350 g/mol. The molecule has 2 N–H and O–H groups in total. The standard InChI is InChI=1S/C19H23N3O3S/c23-19(12-16-7-4-10-26-16)21-15-8-9-17(18(11-15)22(24)25)20-13-14-5-2-1-3-6-14/h4,7-11,14,20H,1-3,5-6,12-13H2,(H,21,23). The molecule has 138 valence electrons. The Kier molecular flexibility index (Phi) is 6.22. The summed E-state index contributed by atoms with van der Waals surface area (Å²) in [5.74, 6) is 0.401. The molecule has 26 heavy (non-hydrogen) atoms. The fraction of sp³-hybridized carbons (Fsp3) is 0.421. The van der Waals surface area contributed by atoms with E-state index in [9.17, 15) is 14.9 Å². The van der Waals surface area contributed by atoms with E-state index in [-0.39, 0.29) is 18.0 Å². The molecule has 0 spiro atoms. The number of anilines is 2. The van der Waals surface area contributed by atoms with Gasteiger partial charge in [-0.05, 0) is 42.3 Å². The van der Waals surface area contributed by atoms with E-state index in [1.165, 1.54) is 49.5 Å². The van der Waals surface area contributed by atoms with Gasteiger partial charge in [-0.15, -0.1) is 11.3 Å². The lowest BCUT2D eigenvalue weighted by Crippen LogP contribution is -2.18. The first-order valence-electron chi connectivity index (χ1n) is 8.96. The summed E-state index contributed by atoms with van der Waals surface area (Å²) in [6.07, 6.45) is 6.40. The number of hydrogen-bond donors (Lipinski definition) is 2. The Labute approximate surface area is 156 Å². The number of carbonyl (C=O) groups excluding carboxylic acids is 1. The molecule has 1 aromatic heterocycles. The normalized spacial score (nSPS) is 14.8. The number of benzene rings is 1. The number of nitrogens with one attached hydrogen (secondary N) is 2. The summed E-state index contributed by atoms with van der Waals surface area (Å²) in [6, 6.07) is 8.61. The average molecular weight is 373 g/mol. The van der Waals surface area contributed by atoms with Gasteiger partial charge in [0, 0.05) is 23.2 Å². The molecule has 1 heterocycles. The van der Waals surface area contributed by atoms with Crippen molar-refractivity contribution in [3.63, 3.8) is 0 Å². The minimum atomic E-state index is -0.405. The maximum atomic E-state index is 12.1. The first-order chi connectivity index (χ1) is 12.6. The SMILES string of the molecule is O=C(Cc1cccs1)Nc1ccc(NCC2CCCCC2)c([N+](=O)[O-])c1. The second-order valence-electron chi connectivity index (χ2n) is 6.68. The number of hydrogen-bond acceptors (Lipinski definition) is 5. The zero-order chi connectivity index (χ0) is 18.4. The van der Waals surface area contributed by atoms with Gasteiger partial charge in [0.25, 0.3) is 5.69 Å². The minimum Gasteiger partial charge on any atom is -0.379 e. The third-order valence-electron chi connectivity index (χ3n) is 4.70. The molecule has 0 aliphatic heterocycles. The number of carbonyl (C=O) groups is 1. The molecule has 1 amide bonds. The first kappa shape index (κ1) is 18.4. The molecule has 7 heteroatoms. The maximum Gasteiger partial charge on any atom is 0.294 e. The molecule has 0 atom stereocenters. The summed E-state index contributed by atoms with van der Waals surface area (Å²) >= 11 is 1.51. The number of thiophene rings is 1. The van der Waals surface area contributed by atoms with Gasteiger partial charge in [-0.25, -0.2) is 0 Å². The van der Waals surface area contributed by atoms with Crippen molar-refractivity contribution in [1.29, 1.82) is 0 Å². The second-order valence-corrected chi connectivity index (χ2v) is 7.71. The zero-order valence-electron chi connectivity index (χ0n) is 14.6. The molecule has 0 saturated heterocycles. The van der Waals surface area contributed by atoms with Crippen LogP contribution in [0.25, 0.3) is 0 Å². The zero-order valence-corrected chi connectivity index (χ0v) is 15.4. The lowest BCUT2D eigenvalue weighted by molar-refractivity contribution is -0.383. The Morgan fingerprint density at radius 3 is 2.73 bits per heavy atom. The molecule has 0 unspecified atom stereocenters. The van der Waals surface area contributed by atoms with Crippen molar-refractivity contribution in [3.8, 4) is 0 Å². The molecule has 0 bridgehead atoms. The van der Waals surface area contributed by atoms with Crippen LogP contribution in [0.2, 0.25) is 0 Å². The third kappa shape index (κ3) is 5.05. The summed E-state index contributed by atoms with van der Waals surface area (Å²) in [7, 11) is 0. The highest BCUT2D eigenvalue weighted by Crippen LogP contribution is 2.30. The Hall–Kier alpha value is -2.41. The Morgan fingerprint density at radius 2 is 2.04 bits per heavy atom. The van der Waals surface area contributed by atoms with Crippen molar-refractivity contribution >= 4 is 34.3 Å². The van der Waals surface area contributed by atoms with E-state index in [0.717, 1.165) is 11.4 Å². The van der Waals surface area contributed by atoms with Crippen LogP contribution in [-0.4, -0.2) is 17.4 Å². The maximum absolute atomic E-state index is 12.1. The van der Waals surface area contributed by atoms with Crippen LogP contribution in [0.4, 0.5) is 17.1 Å². The topological polar surface area (TPSA) is 84.3 Å². The van der Waals surface area contributed by atoms with Gasteiger partial charge in [-0.3, -0.25) is 14.9 Å². The van der Waals surface area contributed by atoms with Gasteiger partial charge >= 0.3 is 0 Å². The predicted molar refractivity (Wildman–Crippen MR) is 105 cm³/mol. The summed E-state index contributed by atoms with van der Waals surface area (Å²) in [5, 5.41) is 19.3. The Morgan fingerprint density at radius 1 is 1.23 bits per heavy atom. The molecule has 6 nitrogen and oxygen atoms in total. The molecule has 3 rings (SSSR count). The van der Waals surface area contributed by atoms with Crippen LogP contribution in [-0.2, 0) is 11.2 Å². The number of nitro benzene ring substituents is 1. The summed E-state index contributed by atoms with van der Waals surface area (Å²) in [4.78, 5) is 24.1. The van der Waals surface area contributed by atoms with Gasteiger partial charge in [0.15, 0.2) is 0 Å². The van der Waals surface area contributed by atoms with E-state index < -0.39 is 4.92 Å². The predicted octanol–water partition coefficient (Wildman–Crippen LogP) is 4.83. The molecule has 2 aromatic rings. The van der Waals surface area contributed by atoms with Crippen molar-refractivity contribution in [2.24, 2.45) is 5.92 Å². The van der Waals surface area contributed by atoms with Crippen LogP contribution >= 0.6 is 11.3 Å². The molecule has 1 aliphatic rings. The fourth-order valence-electron chi connectivity index (χ4n) is 3.33.